The van der Waals surface area contributed by atoms with E-state index in [2.05, 4.69) is 5.32 Å². The quantitative estimate of drug-likeness (QED) is 0.664. The molecule has 7 heteroatoms. The van der Waals surface area contributed by atoms with E-state index in [0.717, 1.165) is 23.8 Å². The fourth-order valence-corrected chi connectivity index (χ4v) is 2.34. The van der Waals surface area contributed by atoms with Gasteiger partial charge in [0.1, 0.15) is 28.9 Å². The topological polar surface area (TPSA) is 79.5 Å². The van der Waals surface area contributed by atoms with E-state index in [1.165, 1.54) is 6.07 Å². The average molecular weight is 369 g/mol. The van der Waals surface area contributed by atoms with Gasteiger partial charge >= 0.3 is 5.97 Å². The molecule has 0 saturated heterocycles. The number of hydrogen-bond donors (Lipinski definition) is 2. The summed E-state index contributed by atoms with van der Waals surface area (Å²) >= 11 is 0. The van der Waals surface area contributed by atoms with Crippen LogP contribution in [0, 0.1) is 11.6 Å². The fraction of sp³-hybridized carbons (Fsp3) is 0. The van der Waals surface area contributed by atoms with E-state index >= 15 is 0 Å². The molecule has 5 nitrogen and oxygen atoms in total. The third-order valence-electron chi connectivity index (χ3n) is 3.63. The standard InChI is InChI=1S/C20H13F2NO4/c21-13-6-8-15(16(22)10-13)19(24)23-17(20(25)26)11-14-7-9-18(27-14)12-4-2-1-3-5-12/h1-11H,(H,23,24)(H,25,26)/b17-11-. The number of nitrogens with one attached hydrogen (secondary N) is 1. The molecule has 136 valence electrons. The molecule has 1 amide bonds. The molecule has 27 heavy (non-hydrogen) atoms. The molecule has 2 N–H and O–H groups in total. The first-order chi connectivity index (χ1) is 12.9. The van der Waals surface area contributed by atoms with Gasteiger partial charge in [0.05, 0.1) is 5.56 Å². The Morgan fingerprint density at radius 2 is 1.74 bits per heavy atom. The molecular formula is C20H13F2NO4. The number of carboxylic acids is 1. The molecule has 0 saturated carbocycles. The SMILES string of the molecule is O=C(O)/C(=C/c1ccc(-c2ccccc2)o1)NC(=O)c1ccc(F)cc1F. The Balaban J connectivity index is 1.84. The van der Waals surface area contributed by atoms with Gasteiger partial charge in [0.2, 0.25) is 0 Å². The van der Waals surface area contributed by atoms with Gasteiger partial charge in [-0.25, -0.2) is 13.6 Å². The van der Waals surface area contributed by atoms with Gasteiger partial charge in [-0.3, -0.25) is 4.79 Å². The molecule has 2 aromatic carbocycles. The molecule has 0 aliphatic carbocycles. The predicted octanol–water partition coefficient (Wildman–Crippen LogP) is 4.08. The van der Waals surface area contributed by atoms with Gasteiger partial charge in [0, 0.05) is 17.7 Å². The molecular weight excluding hydrogens is 356 g/mol. The minimum absolute atomic E-state index is 0.186. The van der Waals surface area contributed by atoms with Crippen molar-refractivity contribution in [1.82, 2.24) is 5.32 Å². The first-order valence-corrected chi connectivity index (χ1v) is 7.80. The number of carbonyl (C=O) groups excluding carboxylic acids is 1. The maximum atomic E-state index is 13.7. The van der Waals surface area contributed by atoms with Crippen LogP contribution in [-0.2, 0) is 4.79 Å². The molecule has 1 heterocycles. The Labute approximate surface area is 152 Å². The van der Waals surface area contributed by atoms with Crippen molar-refractivity contribution in [3.8, 4) is 11.3 Å². The highest BCUT2D eigenvalue weighted by Gasteiger charge is 2.17. The van der Waals surface area contributed by atoms with Crippen molar-refractivity contribution in [2.45, 2.75) is 0 Å². The van der Waals surface area contributed by atoms with Gasteiger partial charge in [0.25, 0.3) is 5.91 Å². The number of carbonyl (C=O) groups is 2. The second-order valence-corrected chi connectivity index (χ2v) is 5.51. The monoisotopic (exact) mass is 369 g/mol. The predicted molar refractivity (Wildman–Crippen MR) is 93.6 cm³/mol. The van der Waals surface area contributed by atoms with Crippen LogP contribution in [0.1, 0.15) is 16.1 Å². The summed E-state index contributed by atoms with van der Waals surface area (Å²) in [4.78, 5) is 23.5. The van der Waals surface area contributed by atoms with Crippen molar-refractivity contribution in [2.24, 2.45) is 0 Å². The molecule has 3 aromatic rings. The van der Waals surface area contributed by atoms with Crippen LogP contribution in [-0.4, -0.2) is 17.0 Å². The van der Waals surface area contributed by atoms with Gasteiger partial charge in [-0.1, -0.05) is 30.3 Å². The second-order valence-electron chi connectivity index (χ2n) is 5.51. The lowest BCUT2D eigenvalue weighted by Gasteiger charge is -2.06. The third kappa shape index (κ3) is 4.27. The largest absolute Gasteiger partial charge is 0.477 e. The molecule has 0 spiro atoms. The summed E-state index contributed by atoms with van der Waals surface area (Å²) in [6.45, 7) is 0. The van der Waals surface area contributed by atoms with Gasteiger partial charge in [0.15, 0.2) is 0 Å². The summed E-state index contributed by atoms with van der Waals surface area (Å²) < 4.78 is 32.2. The number of halogens is 2. The number of furan rings is 1. The van der Waals surface area contributed by atoms with Crippen molar-refractivity contribution < 1.29 is 27.9 Å². The fourth-order valence-electron chi connectivity index (χ4n) is 2.34. The first-order valence-electron chi connectivity index (χ1n) is 7.80. The first kappa shape index (κ1) is 18.1. The Bertz CT molecular complexity index is 1030. The van der Waals surface area contributed by atoms with Crippen molar-refractivity contribution in [3.05, 3.63) is 89.3 Å². The van der Waals surface area contributed by atoms with E-state index in [4.69, 9.17) is 4.42 Å². The minimum Gasteiger partial charge on any atom is -0.477 e. The van der Waals surface area contributed by atoms with Crippen molar-refractivity contribution in [1.29, 1.82) is 0 Å². The number of benzene rings is 2. The number of carboxylic acid groups (broad SMARTS) is 1. The maximum absolute atomic E-state index is 13.7. The minimum atomic E-state index is -1.44. The van der Waals surface area contributed by atoms with E-state index in [-0.39, 0.29) is 5.76 Å². The molecule has 0 fully saturated rings. The number of hydrogen-bond acceptors (Lipinski definition) is 3. The lowest BCUT2D eigenvalue weighted by atomic mass is 10.2. The van der Waals surface area contributed by atoms with E-state index in [0.29, 0.717) is 11.8 Å². The maximum Gasteiger partial charge on any atom is 0.352 e. The molecule has 0 unspecified atom stereocenters. The number of aliphatic carboxylic acids is 1. The van der Waals surface area contributed by atoms with E-state index < -0.39 is 34.8 Å². The lowest BCUT2D eigenvalue weighted by Crippen LogP contribution is -2.28. The summed E-state index contributed by atoms with van der Waals surface area (Å²) in [5.74, 6) is -3.70. The molecule has 1 aromatic heterocycles. The summed E-state index contributed by atoms with van der Waals surface area (Å²) in [5, 5.41) is 11.4. The Morgan fingerprint density at radius 1 is 1.00 bits per heavy atom. The van der Waals surface area contributed by atoms with Crippen molar-refractivity contribution >= 4 is 18.0 Å². The van der Waals surface area contributed by atoms with Crippen LogP contribution in [0.4, 0.5) is 8.78 Å². The number of amides is 1. The van der Waals surface area contributed by atoms with Crippen LogP contribution in [0.2, 0.25) is 0 Å². The Hall–Kier alpha value is -3.74. The highest BCUT2D eigenvalue weighted by Crippen LogP contribution is 2.23. The summed E-state index contributed by atoms with van der Waals surface area (Å²) in [6, 6.07) is 14.7. The van der Waals surface area contributed by atoms with E-state index in [1.54, 1.807) is 6.07 Å². The van der Waals surface area contributed by atoms with Gasteiger partial charge < -0.3 is 14.8 Å². The molecule has 3 rings (SSSR count). The molecule has 0 atom stereocenters. The van der Waals surface area contributed by atoms with Crippen LogP contribution >= 0.6 is 0 Å². The highest BCUT2D eigenvalue weighted by molar-refractivity contribution is 6.02. The van der Waals surface area contributed by atoms with Crippen LogP contribution in [0.3, 0.4) is 0 Å². The number of rotatable bonds is 5. The van der Waals surface area contributed by atoms with Crippen LogP contribution in [0.15, 0.2) is 70.8 Å². The second kappa shape index (κ2) is 7.65. The summed E-state index contributed by atoms with van der Waals surface area (Å²) in [5.41, 5.74) is -0.197. The lowest BCUT2D eigenvalue weighted by molar-refractivity contribution is -0.132. The van der Waals surface area contributed by atoms with Crippen LogP contribution in [0.25, 0.3) is 17.4 Å². The van der Waals surface area contributed by atoms with Crippen LogP contribution in [0.5, 0.6) is 0 Å². The highest BCUT2D eigenvalue weighted by atomic mass is 19.1. The van der Waals surface area contributed by atoms with Crippen molar-refractivity contribution in [2.75, 3.05) is 0 Å². The Kier molecular flexibility index (Phi) is 5.12. The molecule has 0 aliphatic heterocycles. The van der Waals surface area contributed by atoms with Gasteiger partial charge in [-0.05, 0) is 24.3 Å². The molecule has 0 aliphatic rings. The van der Waals surface area contributed by atoms with Gasteiger partial charge in [-0.2, -0.15) is 0 Å². The zero-order chi connectivity index (χ0) is 19.4. The third-order valence-corrected chi connectivity index (χ3v) is 3.63. The summed E-state index contributed by atoms with van der Waals surface area (Å²) in [6.07, 6.45) is 1.11. The zero-order valence-corrected chi connectivity index (χ0v) is 13.8. The Morgan fingerprint density at radius 3 is 2.41 bits per heavy atom. The van der Waals surface area contributed by atoms with Gasteiger partial charge in [-0.15, -0.1) is 0 Å². The van der Waals surface area contributed by atoms with E-state index in [9.17, 15) is 23.5 Å². The molecule has 0 bridgehead atoms. The zero-order valence-electron chi connectivity index (χ0n) is 13.8. The summed E-state index contributed by atoms with van der Waals surface area (Å²) in [7, 11) is 0. The average Bonchev–Trinajstić information content (AvgIpc) is 3.10. The van der Waals surface area contributed by atoms with E-state index in [1.807, 2.05) is 30.3 Å². The smallest absolute Gasteiger partial charge is 0.352 e. The normalized spacial score (nSPS) is 11.3. The molecule has 0 radical (unpaired) electrons. The van der Waals surface area contributed by atoms with Crippen molar-refractivity contribution in [3.63, 3.8) is 0 Å². The van der Waals surface area contributed by atoms with Crippen LogP contribution < -0.4 is 5.32 Å².